The molecule has 1 aromatic heterocycles. The second-order valence-electron chi connectivity index (χ2n) is 6.14. The SMILES string of the molecule is Cc1noc(C)c1CNC1CCC2(CCC1(F)F)OCCO2. The molecule has 7 heteroatoms. The average Bonchev–Trinajstić information content (AvgIpc) is 3.03. The molecular formula is C15H22F2N2O3. The number of aryl methyl sites for hydroxylation is 2. The molecule has 1 aromatic rings. The molecule has 0 aromatic carbocycles. The predicted molar refractivity (Wildman–Crippen MR) is 74.7 cm³/mol. The molecule has 1 saturated carbocycles. The molecular weight excluding hydrogens is 294 g/mol. The topological polar surface area (TPSA) is 56.5 Å². The third-order valence-corrected chi connectivity index (χ3v) is 4.68. The van der Waals surface area contributed by atoms with Crippen LogP contribution in [0.15, 0.2) is 4.52 Å². The summed E-state index contributed by atoms with van der Waals surface area (Å²) in [6.45, 7) is 4.91. The zero-order valence-corrected chi connectivity index (χ0v) is 13.0. The molecule has 5 nitrogen and oxygen atoms in total. The highest BCUT2D eigenvalue weighted by molar-refractivity contribution is 5.20. The summed E-state index contributed by atoms with van der Waals surface area (Å²) in [5.41, 5.74) is 1.59. The van der Waals surface area contributed by atoms with E-state index in [1.165, 1.54) is 0 Å². The zero-order chi connectivity index (χ0) is 15.8. The molecule has 124 valence electrons. The van der Waals surface area contributed by atoms with E-state index in [9.17, 15) is 8.78 Å². The van der Waals surface area contributed by atoms with E-state index in [0.717, 1.165) is 11.3 Å². The van der Waals surface area contributed by atoms with Crippen LogP contribution in [0.2, 0.25) is 0 Å². The zero-order valence-electron chi connectivity index (χ0n) is 13.0. The van der Waals surface area contributed by atoms with Crippen LogP contribution in [0.1, 0.15) is 42.7 Å². The lowest BCUT2D eigenvalue weighted by atomic mass is 10.0. The number of nitrogens with one attached hydrogen (secondary N) is 1. The molecule has 1 spiro atoms. The van der Waals surface area contributed by atoms with Gasteiger partial charge in [-0.15, -0.1) is 0 Å². The Morgan fingerprint density at radius 3 is 2.55 bits per heavy atom. The summed E-state index contributed by atoms with van der Waals surface area (Å²) in [5.74, 6) is -2.92. The van der Waals surface area contributed by atoms with Gasteiger partial charge in [0.2, 0.25) is 0 Å². The van der Waals surface area contributed by atoms with Gasteiger partial charge in [0.1, 0.15) is 5.76 Å². The number of nitrogens with zero attached hydrogens (tertiary/aromatic N) is 1. The maximum Gasteiger partial charge on any atom is 0.263 e. The standard InChI is InChI=1S/C15H22F2N2O3/c1-10-12(11(2)22-19-10)9-18-13-3-4-14(20-7-8-21-14)5-6-15(13,16)17/h13,18H,3-9H2,1-2H3. The first-order chi connectivity index (χ1) is 10.4. The monoisotopic (exact) mass is 316 g/mol. The van der Waals surface area contributed by atoms with E-state index < -0.39 is 17.8 Å². The Morgan fingerprint density at radius 2 is 1.91 bits per heavy atom. The Balaban J connectivity index is 1.67. The van der Waals surface area contributed by atoms with Crippen molar-refractivity contribution < 1.29 is 22.8 Å². The smallest absolute Gasteiger partial charge is 0.263 e. The van der Waals surface area contributed by atoms with Gasteiger partial charge in [0.15, 0.2) is 5.79 Å². The molecule has 1 saturated heterocycles. The van der Waals surface area contributed by atoms with Crippen LogP contribution in [0.3, 0.4) is 0 Å². The number of hydrogen-bond donors (Lipinski definition) is 1. The first-order valence-corrected chi connectivity index (χ1v) is 7.73. The predicted octanol–water partition coefficient (Wildman–Crippen LogP) is 2.70. The highest BCUT2D eigenvalue weighted by Crippen LogP contribution is 2.41. The van der Waals surface area contributed by atoms with Crippen molar-refractivity contribution >= 4 is 0 Å². The summed E-state index contributed by atoms with van der Waals surface area (Å²) in [6.07, 6.45) is 0.813. The van der Waals surface area contributed by atoms with Gasteiger partial charge in [-0.25, -0.2) is 8.78 Å². The Morgan fingerprint density at radius 1 is 1.18 bits per heavy atom. The van der Waals surface area contributed by atoms with E-state index in [0.29, 0.717) is 38.4 Å². The first-order valence-electron chi connectivity index (χ1n) is 7.73. The largest absolute Gasteiger partial charge is 0.361 e. The Labute approximate surface area is 128 Å². The van der Waals surface area contributed by atoms with Crippen molar-refractivity contribution in [1.82, 2.24) is 10.5 Å². The molecule has 1 aliphatic carbocycles. The molecule has 2 heterocycles. The van der Waals surface area contributed by atoms with Crippen LogP contribution in [0.4, 0.5) is 8.78 Å². The van der Waals surface area contributed by atoms with Gasteiger partial charge in [0, 0.05) is 31.4 Å². The molecule has 3 rings (SSSR count). The van der Waals surface area contributed by atoms with E-state index in [2.05, 4.69) is 10.5 Å². The number of hydrogen-bond acceptors (Lipinski definition) is 5. The Kier molecular flexibility index (Phi) is 4.22. The Hall–Kier alpha value is -1.05. The Bertz CT molecular complexity index is 507. The second-order valence-corrected chi connectivity index (χ2v) is 6.14. The second kappa shape index (κ2) is 5.86. The van der Waals surface area contributed by atoms with Crippen molar-refractivity contribution in [3.63, 3.8) is 0 Å². The van der Waals surface area contributed by atoms with E-state index in [-0.39, 0.29) is 12.8 Å². The molecule has 2 fully saturated rings. The maximum atomic E-state index is 14.4. The molecule has 0 amide bonds. The fourth-order valence-corrected chi connectivity index (χ4v) is 3.25. The van der Waals surface area contributed by atoms with Gasteiger partial charge in [-0.1, -0.05) is 5.16 Å². The van der Waals surface area contributed by atoms with E-state index in [4.69, 9.17) is 14.0 Å². The van der Waals surface area contributed by atoms with Gasteiger partial charge >= 0.3 is 0 Å². The van der Waals surface area contributed by atoms with Gasteiger partial charge in [0.05, 0.1) is 24.9 Å². The number of aromatic nitrogens is 1. The quantitative estimate of drug-likeness (QED) is 0.929. The van der Waals surface area contributed by atoms with Crippen molar-refractivity contribution in [3.05, 3.63) is 17.0 Å². The minimum atomic E-state index is -2.78. The normalized spacial score (nSPS) is 27.2. The van der Waals surface area contributed by atoms with Crippen molar-refractivity contribution in [3.8, 4) is 0 Å². The maximum absolute atomic E-state index is 14.4. The summed E-state index contributed by atoms with van der Waals surface area (Å²) in [5, 5.41) is 6.83. The number of rotatable bonds is 3. The summed E-state index contributed by atoms with van der Waals surface area (Å²) in [4.78, 5) is 0. The van der Waals surface area contributed by atoms with Crippen molar-refractivity contribution in [2.24, 2.45) is 0 Å². The number of halogens is 2. The van der Waals surface area contributed by atoms with Gasteiger partial charge in [-0.05, 0) is 20.3 Å². The van der Waals surface area contributed by atoms with Crippen LogP contribution >= 0.6 is 0 Å². The molecule has 0 bridgehead atoms. The molecule has 1 atom stereocenters. The minimum Gasteiger partial charge on any atom is -0.361 e. The number of alkyl halides is 2. The summed E-state index contributed by atoms with van der Waals surface area (Å²) in [7, 11) is 0. The third-order valence-electron chi connectivity index (χ3n) is 4.68. The summed E-state index contributed by atoms with van der Waals surface area (Å²) < 4.78 is 45.0. The van der Waals surface area contributed by atoms with E-state index >= 15 is 0 Å². The molecule has 1 unspecified atom stereocenters. The van der Waals surface area contributed by atoms with Gasteiger partial charge in [0.25, 0.3) is 5.92 Å². The molecule has 1 aliphatic heterocycles. The summed E-state index contributed by atoms with van der Waals surface area (Å²) >= 11 is 0. The van der Waals surface area contributed by atoms with Gasteiger partial charge in [-0.2, -0.15) is 0 Å². The number of ether oxygens (including phenoxy) is 2. The lowest BCUT2D eigenvalue weighted by Gasteiger charge is -2.25. The van der Waals surface area contributed by atoms with Crippen molar-refractivity contribution in [1.29, 1.82) is 0 Å². The highest BCUT2D eigenvalue weighted by atomic mass is 19.3. The lowest BCUT2D eigenvalue weighted by molar-refractivity contribution is -0.168. The molecule has 1 N–H and O–H groups in total. The first kappa shape index (κ1) is 15.8. The van der Waals surface area contributed by atoms with Crippen LogP contribution in [-0.2, 0) is 16.0 Å². The average molecular weight is 316 g/mol. The van der Waals surface area contributed by atoms with E-state index in [1.54, 1.807) is 6.92 Å². The third kappa shape index (κ3) is 3.02. The van der Waals surface area contributed by atoms with Crippen LogP contribution < -0.4 is 5.32 Å². The minimum absolute atomic E-state index is 0.230. The van der Waals surface area contributed by atoms with Crippen LogP contribution in [0.5, 0.6) is 0 Å². The highest BCUT2D eigenvalue weighted by Gasteiger charge is 2.48. The van der Waals surface area contributed by atoms with Crippen LogP contribution in [0.25, 0.3) is 0 Å². The van der Waals surface area contributed by atoms with Crippen LogP contribution in [-0.4, -0.2) is 36.1 Å². The van der Waals surface area contributed by atoms with Crippen LogP contribution in [0, 0.1) is 13.8 Å². The molecule has 22 heavy (non-hydrogen) atoms. The van der Waals surface area contributed by atoms with E-state index in [1.807, 2.05) is 6.92 Å². The molecule has 2 aliphatic rings. The summed E-state index contributed by atoms with van der Waals surface area (Å²) in [6, 6.07) is -0.895. The fraction of sp³-hybridized carbons (Fsp3) is 0.800. The lowest BCUT2D eigenvalue weighted by Crippen LogP contribution is -2.43. The van der Waals surface area contributed by atoms with Crippen molar-refractivity contribution in [2.75, 3.05) is 13.2 Å². The van der Waals surface area contributed by atoms with Gasteiger partial charge < -0.3 is 19.3 Å². The van der Waals surface area contributed by atoms with Crippen molar-refractivity contribution in [2.45, 2.75) is 63.8 Å². The molecule has 0 radical (unpaired) electrons. The fourth-order valence-electron chi connectivity index (χ4n) is 3.25. The van der Waals surface area contributed by atoms with Gasteiger partial charge in [-0.3, -0.25) is 0 Å².